The molecule has 6 heteroatoms. The topological polar surface area (TPSA) is 0 Å². The first kappa shape index (κ1) is 14.0. The molecule has 0 heterocycles. The minimum Gasteiger partial charge on any atom is -0.171 e. The number of alkyl halides is 6. The van der Waals surface area contributed by atoms with Crippen LogP contribution in [0.15, 0.2) is 0 Å². The van der Waals surface area contributed by atoms with Crippen LogP contribution >= 0.6 is 0 Å². The molecule has 1 spiro atoms. The van der Waals surface area contributed by atoms with E-state index in [4.69, 9.17) is 0 Å². The predicted octanol–water partition coefficient (Wildman–Crippen LogP) is 5.09. The van der Waals surface area contributed by atoms with Crippen LogP contribution in [0.1, 0.15) is 44.9 Å². The van der Waals surface area contributed by atoms with Crippen molar-refractivity contribution in [2.45, 2.75) is 57.3 Å². The molecule has 0 amide bonds. The summed E-state index contributed by atoms with van der Waals surface area (Å²) in [6, 6.07) is 0. The molecule has 0 aliphatic heterocycles. The van der Waals surface area contributed by atoms with Gasteiger partial charge in [0.15, 0.2) is 0 Å². The number of hydrogen-bond acceptors (Lipinski definition) is 0. The Labute approximate surface area is 102 Å². The summed E-state index contributed by atoms with van der Waals surface area (Å²) < 4.78 is 76.6. The average Bonchev–Trinajstić information content (AvgIpc) is 2.63. The fourth-order valence-corrected chi connectivity index (χ4v) is 3.67. The summed E-state index contributed by atoms with van der Waals surface area (Å²) in [5, 5.41) is 0. The van der Waals surface area contributed by atoms with Crippen LogP contribution in [-0.4, -0.2) is 12.4 Å². The van der Waals surface area contributed by atoms with Crippen LogP contribution in [0.2, 0.25) is 0 Å². The van der Waals surface area contributed by atoms with Crippen LogP contribution in [0, 0.1) is 17.3 Å². The van der Waals surface area contributed by atoms with Crippen molar-refractivity contribution in [2.75, 3.05) is 0 Å². The molecule has 2 aliphatic rings. The van der Waals surface area contributed by atoms with Gasteiger partial charge in [0, 0.05) is 0 Å². The first-order valence-corrected chi connectivity index (χ1v) is 6.26. The van der Waals surface area contributed by atoms with E-state index in [1.165, 1.54) is 0 Å². The Morgan fingerprint density at radius 2 is 1.11 bits per heavy atom. The molecule has 2 aliphatic carbocycles. The molecule has 2 unspecified atom stereocenters. The van der Waals surface area contributed by atoms with Crippen molar-refractivity contribution >= 4 is 0 Å². The highest BCUT2D eigenvalue weighted by Gasteiger charge is 2.56. The van der Waals surface area contributed by atoms with Crippen molar-refractivity contribution in [3.8, 4) is 0 Å². The summed E-state index contributed by atoms with van der Waals surface area (Å²) in [4.78, 5) is 0. The summed E-state index contributed by atoms with van der Waals surface area (Å²) >= 11 is 0. The Morgan fingerprint density at radius 3 is 1.44 bits per heavy atom. The van der Waals surface area contributed by atoms with Gasteiger partial charge in [0.25, 0.3) is 0 Å². The van der Waals surface area contributed by atoms with E-state index in [1.807, 2.05) is 0 Å². The number of hydrogen-bond donors (Lipinski definition) is 0. The zero-order chi connectivity index (χ0) is 13.6. The molecule has 0 nitrogen and oxygen atoms in total. The van der Waals surface area contributed by atoms with Gasteiger partial charge in [-0.25, -0.2) is 0 Å². The fourth-order valence-electron chi connectivity index (χ4n) is 3.67. The van der Waals surface area contributed by atoms with E-state index in [-0.39, 0.29) is 12.8 Å². The molecule has 2 rings (SSSR count). The SMILES string of the molecule is FC(F)(F)C1CC(C(F)(F)F)CC2(CCCC2)C1. The van der Waals surface area contributed by atoms with Gasteiger partial charge in [-0.15, -0.1) is 0 Å². The Kier molecular flexibility index (Phi) is 3.35. The number of halogens is 6. The second-order valence-corrected chi connectivity index (χ2v) is 5.83. The number of rotatable bonds is 0. The van der Waals surface area contributed by atoms with Crippen LogP contribution in [0.5, 0.6) is 0 Å². The first-order valence-electron chi connectivity index (χ1n) is 6.26. The fraction of sp³-hybridized carbons (Fsp3) is 1.00. The highest BCUT2D eigenvalue weighted by molar-refractivity contribution is 4.96. The standard InChI is InChI=1S/C12H16F6/c13-11(14,15)8-5-9(12(16,17)18)7-10(6-8)3-1-2-4-10/h8-9H,1-7H2. The zero-order valence-corrected chi connectivity index (χ0v) is 9.87. The van der Waals surface area contributed by atoms with E-state index in [2.05, 4.69) is 0 Å². The predicted molar refractivity (Wildman–Crippen MR) is 53.8 cm³/mol. The van der Waals surface area contributed by atoms with Crippen LogP contribution in [-0.2, 0) is 0 Å². The van der Waals surface area contributed by atoms with Crippen LogP contribution in [0.3, 0.4) is 0 Å². The molecule has 106 valence electrons. The van der Waals surface area contributed by atoms with Crippen molar-refractivity contribution in [2.24, 2.45) is 17.3 Å². The van der Waals surface area contributed by atoms with Gasteiger partial charge in [-0.3, -0.25) is 0 Å². The summed E-state index contributed by atoms with van der Waals surface area (Å²) in [6.45, 7) is 0. The maximum atomic E-state index is 12.8. The van der Waals surface area contributed by atoms with Gasteiger partial charge >= 0.3 is 12.4 Å². The van der Waals surface area contributed by atoms with Gasteiger partial charge in [-0.05, 0) is 37.5 Å². The van der Waals surface area contributed by atoms with Gasteiger partial charge in [0.05, 0.1) is 11.8 Å². The third-order valence-corrected chi connectivity index (χ3v) is 4.52. The molecule has 0 N–H and O–H groups in total. The lowest BCUT2D eigenvalue weighted by Gasteiger charge is -2.43. The van der Waals surface area contributed by atoms with Gasteiger partial charge in [-0.1, -0.05) is 12.8 Å². The van der Waals surface area contributed by atoms with E-state index in [9.17, 15) is 26.3 Å². The molecule has 0 aromatic carbocycles. The quantitative estimate of drug-likeness (QED) is 0.540. The van der Waals surface area contributed by atoms with Crippen LogP contribution < -0.4 is 0 Å². The summed E-state index contributed by atoms with van der Waals surface area (Å²) in [5.41, 5.74) is -0.710. The Morgan fingerprint density at radius 1 is 0.722 bits per heavy atom. The largest absolute Gasteiger partial charge is 0.391 e. The first-order chi connectivity index (χ1) is 8.12. The van der Waals surface area contributed by atoms with Crippen molar-refractivity contribution in [1.82, 2.24) is 0 Å². The van der Waals surface area contributed by atoms with E-state index >= 15 is 0 Å². The lowest BCUT2D eigenvalue weighted by Crippen LogP contribution is -2.42. The van der Waals surface area contributed by atoms with Gasteiger partial charge < -0.3 is 0 Å². The summed E-state index contributed by atoms with van der Waals surface area (Å²) in [7, 11) is 0. The van der Waals surface area contributed by atoms with E-state index < -0.39 is 36.0 Å². The van der Waals surface area contributed by atoms with Crippen molar-refractivity contribution in [3.05, 3.63) is 0 Å². The molecule has 0 aromatic heterocycles. The van der Waals surface area contributed by atoms with Crippen molar-refractivity contribution < 1.29 is 26.3 Å². The third-order valence-electron chi connectivity index (χ3n) is 4.52. The molecule has 0 radical (unpaired) electrons. The van der Waals surface area contributed by atoms with E-state index in [0.29, 0.717) is 12.8 Å². The van der Waals surface area contributed by atoms with Crippen LogP contribution in [0.4, 0.5) is 26.3 Å². The minimum atomic E-state index is -4.50. The molecule has 2 atom stereocenters. The van der Waals surface area contributed by atoms with Gasteiger partial charge in [0.1, 0.15) is 0 Å². The lowest BCUT2D eigenvalue weighted by atomic mass is 9.64. The second-order valence-electron chi connectivity index (χ2n) is 5.83. The Bertz CT molecular complexity index is 273. The molecule has 0 aromatic rings. The molecular weight excluding hydrogens is 258 g/mol. The Balaban J connectivity index is 2.21. The summed E-state index contributed by atoms with van der Waals surface area (Å²) in [5.74, 6) is -3.56. The van der Waals surface area contributed by atoms with Crippen molar-refractivity contribution in [3.63, 3.8) is 0 Å². The van der Waals surface area contributed by atoms with Crippen LogP contribution in [0.25, 0.3) is 0 Å². The highest BCUT2D eigenvalue weighted by Crippen LogP contribution is 2.58. The Hall–Kier alpha value is -0.420. The van der Waals surface area contributed by atoms with Gasteiger partial charge in [0.2, 0.25) is 0 Å². The second kappa shape index (κ2) is 4.30. The summed E-state index contributed by atoms with van der Waals surface area (Å²) in [6.07, 6.45) is -7.44. The normalized spacial score (nSPS) is 33.0. The highest BCUT2D eigenvalue weighted by atomic mass is 19.4. The maximum absolute atomic E-state index is 12.8. The third kappa shape index (κ3) is 2.77. The van der Waals surface area contributed by atoms with Gasteiger partial charge in [-0.2, -0.15) is 26.3 Å². The molecule has 0 saturated heterocycles. The van der Waals surface area contributed by atoms with E-state index in [1.54, 1.807) is 0 Å². The molecular formula is C12H16F6. The zero-order valence-electron chi connectivity index (χ0n) is 9.87. The molecule has 2 saturated carbocycles. The molecule has 18 heavy (non-hydrogen) atoms. The molecule has 0 bridgehead atoms. The monoisotopic (exact) mass is 274 g/mol. The minimum absolute atomic E-state index is 0.108. The molecule has 2 fully saturated rings. The smallest absolute Gasteiger partial charge is 0.171 e. The lowest BCUT2D eigenvalue weighted by molar-refractivity contribution is -0.237. The average molecular weight is 274 g/mol. The van der Waals surface area contributed by atoms with E-state index in [0.717, 1.165) is 12.8 Å². The van der Waals surface area contributed by atoms with Crippen molar-refractivity contribution in [1.29, 1.82) is 0 Å². The maximum Gasteiger partial charge on any atom is 0.391 e.